The van der Waals surface area contributed by atoms with E-state index in [1.54, 1.807) is 19.2 Å². The van der Waals surface area contributed by atoms with E-state index in [0.717, 1.165) is 25.7 Å². The minimum atomic E-state index is -3.78. The molecule has 2 heterocycles. The molecule has 0 aliphatic heterocycles. The highest BCUT2D eigenvalue weighted by molar-refractivity contribution is 7.92. The minimum absolute atomic E-state index is 0.181. The Kier molecular flexibility index (Phi) is 4.19. The maximum absolute atomic E-state index is 12.9. The molecule has 1 fully saturated rings. The molecule has 1 N–H and O–H groups in total. The number of aromatic nitrogens is 3. The minimum Gasteiger partial charge on any atom is -0.360 e. The van der Waals surface area contributed by atoms with Crippen molar-refractivity contribution in [2.45, 2.75) is 69.7 Å². The fraction of sp³-hybridized carbons (Fsp3) is 0.625. The Morgan fingerprint density at radius 1 is 1.29 bits per heavy atom. The standard InChI is InChI=1S/C16H24N4O3S/c1-11-9-14(18-23-11)19-24(21,22)13-10-20(12-7-5-6-8-12)17-15(13)16(2,3)4/h9-10,12H,5-8H2,1-4H3,(H,18,19). The lowest BCUT2D eigenvalue weighted by Gasteiger charge is -2.17. The number of rotatable bonds is 4. The van der Waals surface area contributed by atoms with Gasteiger partial charge in [-0.25, -0.2) is 8.42 Å². The van der Waals surface area contributed by atoms with Gasteiger partial charge < -0.3 is 4.52 Å². The molecule has 0 unspecified atom stereocenters. The van der Waals surface area contributed by atoms with E-state index in [1.807, 2.05) is 25.5 Å². The molecule has 2 aromatic rings. The van der Waals surface area contributed by atoms with Crippen LogP contribution < -0.4 is 4.72 Å². The molecule has 1 aliphatic carbocycles. The van der Waals surface area contributed by atoms with Crippen LogP contribution in [0.15, 0.2) is 21.7 Å². The molecule has 132 valence electrons. The zero-order valence-electron chi connectivity index (χ0n) is 14.5. The second-order valence-electron chi connectivity index (χ2n) is 7.44. The number of hydrogen-bond donors (Lipinski definition) is 1. The van der Waals surface area contributed by atoms with Gasteiger partial charge in [0.1, 0.15) is 10.7 Å². The van der Waals surface area contributed by atoms with Gasteiger partial charge in [0, 0.05) is 17.7 Å². The normalized spacial score (nSPS) is 16.7. The largest absolute Gasteiger partial charge is 0.360 e. The summed E-state index contributed by atoms with van der Waals surface area (Å²) in [4.78, 5) is 0.211. The van der Waals surface area contributed by atoms with E-state index in [4.69, 9.17) is 4.52 Å². The van der Waals surface area contributed by atoms with Gasteiger partial charge in [-0.3, -0.25) is 9.40 Å². The van der Waals surface area contributed by atoms with E-state index < -0.39 is 10.0 Å². The van der Waals surface area contributed by atoms with E-state index in [0.29, 0.717) is 11.5 Å². The molecule has 0 aromatic carbocycles. The Morgan fingerprint density at radius 2 is 1.96 bits per heavy atom. The van der Waals surface area contributed by atoms with Crippen molar-refractivity contribution in [3.05, 3.63) is 23.7 Å². The zero-order valence-corrected chi connectivity index (χ0v) is 15.4. The maximum atomic E-state index is 12.9. The van der Waals surface area contributed by atoms with Crippen molar-refractivity contribution < 1.29 is 12.9 Å². The Labute approximate surface area is 142 Å². The van der Waals surface area contributed by atoms with Gasteiger partial charge in [-0.2, -0.15) is 5.10 Å². The van der Waals surface area contributed by atoms with E-state index >= 15 is 0 Å². The fourth-order valence-corrected chi connectivity index (χ4v) is 4.38. The topological polar surface area (TPSA) is 90.0 Å². The van der Waals surface area contributed by atoms with Crippen LogP contribution in [0.3, 0.4) is 0 Å². The Morgan fingerprint density at radius 3 is 2.50 bits per heavy atom. The fourth-order valence-electron chi connectivity index (χ4n) is 3.05. The number of anilines is 1. The molecule has 0 radical (unpaired) electrons. The highest BCUT2D eigenvalue weighted by atomic mass is 32.2. The quantitative estimate of drug-likeness (QED) is 0.911. The van der Waals surface area contributed by atoms with Crippen molar-refractivity contribution in [1.29, 1.82) is 0 Å². The summed E-state index contributed by atoms with van der Waals surface area (Å²) in [5.41, 5.74) is 0.190. The SMILES string of the molecule is Cc1cc(NS(=O)(=O)c2cn(C3CCCC3)nc2C(C)(C)C)no1. The van der Waals surface area contributed by atoms with Crippen LogP contribution in [0, 0.1) is 6.92 Å². The highest BCUT2D eigenvalue weighted by Gasteiger charge is 2.32. The molecule has 1 saturated carbocycles. The van der Waals surface area contributed by atoms with Crippen LogP contribution in [-0.2, 0) is 15.4 Å². The summed E-state index contributed by atoms with van der Waals surface area (Å²) in [7, 11) is -3.78. The zero-order chi connectivity index (χ0) is 17.5. The second kappa shape index (κ2) is 5.91. The lowest BCUT2D eigenvalue weighted by molar-refractivity contribution is 0.400. The van der Waals surface area contributed by atoms with E-state index in [-0.39, 0.29) is 22.2 Å². The van der Waals surface area contributed by atoms with E-state index in [1.165, 1.54) is 0 Å². The molecule has 7 nitrogen and oxygen atoms in total. The van der Waals surface area contributed by atoms with Crippen molar-refractivity contribution in [2.24, 2.45) is 0 Å². The second-order valence-corrected chi connectivity index (χ2v) is 9.09. The van der Waals surface area contributed by atoms with Crippen molar-refractivity contribution in [3.63, 3.8) is 0 Å². The van der Waals surface area contributed by atoms with Gasteiger partial charge in [0.15, 0.2) is 5.82 Å². The summed E-state index contributed by atoms with van der Waals surface area (Å²) in [5.74, 6) is 0.728. The van der Waals surface area contributed by atoms with Gasteiger partial charge >= 0.3 is 0 Å². The van der Waals surface area contributed by atoms with E-state index in [2.05, 4.69) is 15.0 Å². The summed E-state index contributed by atoms with van der Waals surface area (Å²) in [6.07, 6.45) is 6.06. The van der Waals surface area contributed by atoms with Gasteiger partial charge in [-0.05, 0) is 19.8 Å². The Balaban J connectivity index is 2.01. The molecular formula is C16H24N4O3S. The predicted octanol–water partition coefficient (Wildman–Crippen LogP) is 3.39. The maximum Gasteiger partial charge on any atom is 0.266 e. The molecule has 1 aliphatic rings. The Hall–Kier alpha value is -1.83. The lowest BCUT2D eigenvalue weighted by atomic mass is 9.92. The van der Waals surface area contributed by atoms with Crippen molar-refractivity contribution in [2.75, 3.05) is 4.72 Å². The van der Waals surface area contributed by atoms with Crippen LogP contribution in [0.2, 0.25) is 0 Å². The van der Waals surface area contributed by atoms with Crippen molar-refractivity contribution >= 4 is 15.8 Å². The first-order valence-corrected chi connectivity index (χ1v) is 9.71. The predicted molar refractivity (Wildman–Crippen MR) is 90.5 cm³/mol. The third-order valence-electron chi connectivity index (χ3n) is 4.26. The first-order valence-electron chi connectivity index (χ1n) is 8.22. The lowest BCUT2D eigenvalue weighted by Crippen LogP contribution is -2.20. The average molecular weight is 352 g/mol. The number of nitrogens with one attached hydrogen (secondary N) is 1. The monoisotopic (exact) mass is 352 g/mol. The molecule has 0 spiro atoms. The third kappa shape index (κ3) is 3.33. The van der Waals surface area contributed by atoms with Crippen molar-refractivity contribution in [1.82, 2.24) is 14.9 Å². The first kappa shape index (κ1) is 17.0. The van der Waals surface area contributed by atoms with Crippen LogP contribution >= 0.6 is 0 Å². The molecular weight excluding hydrogens is 328 g/mol. The highest BCUT2D eigenvalue weighted by Crippen LogP contribution is 2.34. The number of sulfonamides is 1. The van der Waals surface area contributed by atoms with Crippen LogP contribution in [0.1, 0.15) is 64.0 Å². The summed E-state index contributed by atoms with van der Waals surface area (Å²) in [6.45, 7) is 7.61. The molecule has 0 amide bonds. The summed E-state index contributed by atoms with van der Waals surface area (Å²) >= 11 is 0. The Bertz CT molecular complexity index is 824. The molecule has 0 bridgehead atoms. The average Bonchev–Trinajstić information content (AvgIpc) is 3.15. The first-order chi connectivity index (χ1) is 11.2. The van der Waals surface area contributed by atoms with Crippen LogP contribution in [0.5, 0.6) is 0 Å². The smallest absolute Gasteiger partial charge is 0.266 e. The van der Waals surface area contributed by atoms with Gasteiger partial charge in [0.25, 0.3) is 10.0 Å². The van der Waals surface area contributed by atoms with Gasteiger partial charge in [0.2, 0.25) is 0 Å². The summed E-state index contributed by atoms with van der Waals surface area (Å²) < 4.78 is 35.0. The van der Waals surface area contributed by atoms with Crippen molar-refractivity contribution in [3.8, 4) is 0 Å². The molecule has 3 rings (SSSR count). The molecule has 8 heteroatoms. The number of aryl methyl sites for hydroxylation is 1. The van der Waals surface area contributed by atoms with Gasteiger partial charge in [-0.15, -0.1) is 0 Å². The van der Waals surface area contributed by atoms with E-state index in [9.17, 15) is 8.42 Å². The van der Waals surface area contributed by atoms with Gasteiger partial charge in [-0.1, -0.05) is 38.8 Å². The van der Waals surface area contributed by atoms with Crippen LogP contribution in [0.4, 0.5) is 5.82 Å². The van der Waals surface area contributed by atoms with Gasteiger partial charge in [0.05, 0.1) is 11.7 Å². The number of nitrogens with zero attached hydrogens (tertiary/aromatic N) is 3. The summed E-state index contributed by atoms with van der Waals surface area (Å²) in [6, 6.07) is 1.83. The molecule has 0 saturated heterocycles. The molecule has 24 heavy (non-hydrogen) atoms. The number of hydrogen-bond acceptors (Lipinski definition) is 5. The molecule has 0 atom stereocenters. The van der Waals surface area contributed by atoms with Crippen LogP contribution in [-0.4, -0.2) is 23.4 Å². The summed E-state index contributed by atoms with van der Waals surface area (Å²) in [5, 5.41) is 8.34. The molecule has 2 aromatic heterocycles. The van der Waals surface area contributed by atoms with Crippen LogP contribution in [0.25, 0.3) is 0 Å². The third-order valence-corrected chi connectivity index (χ3v) is 5.62.